The van der Waals surface area contributed by atoms with Crippen molar-refractivity contribution in [2.75, 3.05) is 20.3 Å². The molecule has 114 valence electrons. The van der Waals surface area contributed by atoms with E-state index in [1.807, 2.05) is 11.9 Å². The van der Waals surface area contributed by atoms with Gasteiger partial charge >= 0.3 is 0 Å². The number of hydrogen-bond acceptors (Lipinski definition) is 3. The van der Waals surface area contributed by atoms with Gasteiger partial charge < -0.3 is 14.4 Å². The Balaban J connectivity index is 1.87. The second-order valence-electron chi connectivity index (χ2n) is 6.36. The third kappa shape index (κ3) is 2.71. The fraction of sp³-hybridized carbons (Fsp3) is 0.588. The predicted octanol–water partition coefficient (Wildman–Crippen LogP) is 2.56. The highest BCUT2D eigenvalue weighted by Crippen LogP contribution is 2.41. The van der Waals surface area contributed by atoms with Crippen LogP contribution in [0.5, 0.6) is 11.5 Å². The van der Waals surface area contributed by atoms with Crippen molar-refractivity contribution in [2.45, 2.75) is 39.7 Å². The predicted molar refractivity (Wildman–Crippen MR) is 80.8 cm³/mol. The quantitative estimate of drug-likeness (QED) is 0.855. The maximum absolute atomic E-state index is 12.2. The summed E-state index contributed by atoms with van der Waals surface area (Å²) < 4.78 is 11.5. The van der Waals surface area contributed by atoms with Gasteiger partial charge in [-0.1, -0.05) is 13.8 Å². The topological polar surface area (TPSA) is 38.8 Å². The van der Waals surface area contributed by atoms with Gasteiger partial charge in [-0.05, 0) is 12.0 Å². The van der Waals surface area contributed by atoms with E-state index >= 15 is 0 Å². The molecule has 0 saturated carbocycles. The van der Waals surface area contributed by atoms with Crippen LogP contribution in [0.2, 0.25) is 0 Å². The van der Waals surface area contributed by atoms with E-state index < -0.39 is 0 Å². The van der Waals surface area contributed by atoms with Crippen molar-refractivity contribution in [3.8, 4) is 11.5 Å². The molecule has 0 spiro atoms. The summed E-state index contributed by atoms with van der Waals surface area (Å²) in [7, 11) is 1.88. The van der Waals surface area contributed by atoms with Crippen LogP contribution in [0.1, 0.15) is 37.0 Å². The number of ether oxygens (including phenoxy) is 2. The van der Waals surface area contributed by atoms with Gasteiger partial charge in [-0.25, -0.2) is 0 Å². The summed E-state index contributed by atoms with van der Waals surface area (Å²) in [6, 6.07) is 2.12. The molecule has 3 rings (SSSR count). The fourth-order valence-electron chi connectivity index (χ4n) is 3.08. The number of hydrogen-bond donors (Lipinski definition) is 0. The summed E-state index contributed by atoms with van der Waals surface area (Å²) in [5.41, 5.74) is 3.59. The Labute approximate surface area is 126 Å². The van der Waals surface area contributed by atoms with Crippen molar-refractivity contribution in [3.05, 3.63) is 22.8 Å². The summed E-state index contributed by atoms with van der Waals surface area (Å²) in [5, 5.41) is 0. The molecule has 0 bridgehead atoms. The lowest BCUT2D eigenvalue weighted by molar-refractivity contribution is -0.131. The summed E-state index contributed by atoms with van der Waals surface area (Å²) in [6.45, 7) is 6.21. The van der Waals surface area contributed by atoms with Crippen molar-refractivity contribution in [2.24, 2.45) is 5.92 Å². The SMILES string of the molecule is CC(C)CC(=O)N(C)Cc1c2c(cc3c1OCC3)OCC2. The van der Waals surface area contributed by atoms with E-state index in [-0.39, 0.29) is 5.91 Å². The maximum atomic E-state index is 12.2. The first kappa shape index (κ1) is 14.2. The summed E-state index contributed by atoms with van der Waals surface area (Å²) in [5.74, 6) is 2.54. The van der Waals surface area contributed by atoms with Crippen LogP contribution in [0.15, 0.2) is 6.07 Å². The van der Waals surface area contributed by atoms with E-state index in [0.717, 1.165) is 43.1 Å². The van der Waals surface area contributed by atoms with Crippen LogP contribution in [-0.4, -0.2) is 31.1 Å². The van der Waals surface area contributed by atoms with Crippen molar-refractivity contribution < 1.29 is 14.3 Å². The van der Waals surface area contributed by atoms with Crippen LogP contribution >= 0.6 is 0 Å². The highest BCUT2D eigenvalue weighted by Gasteiger charge is 2.27. The zero-order valence-corrected chi connectivity index (χ0v) is 13.1. The Morgan fingerprint density at radius 3 is 2.81 bits per heavy atom. The Hall–Kier alpha value is -1.71. The second kappa shape index (κ2) is 5.58. The normalized spacial score (nSPS) is 15.4. The Bertz CT molecular complexity index is 533. The summed E-state index contributed by atoms with van der Waals surface area (Å²) in [4.78, 5) is 14.0. The minimum absolute atomic E-state index is 0.188. The number of rotatable bonds is 4. The van der Waals surface area contributed by atoms with Crippen LogP contribution in [0.3, 0.4) is 0 Å². The Kier molecular flexibility index (Phi) is 3.79. The largest absolute Gasteiger partial charge is 0.493 e. The van der Waals surface area contributed by atoms with Crippen LogP contribution < -0.4 is 9.47 Å². The van der Waals surface area contributed by atoms with Crippen LogP contribution in [0.4, 0.5) is 0 Å². The number of carbonyl (C=O) groups is 1. The zero-order valence-electron chi connectivity index (χ0n) is 13.1. The zero-order chi connectivity index (χ0) is 15.0. The smallest absolute Gasteiger partial charge is 0.222 e. The Morgan fingerprint density at radius 1 is 1.29 bits per heavy atom. The molecule has 2 aliphatic rings. The molecule has 1 aromatic rings. The molecule has 0 N–H and O–H groups in total. The highest BCUT2D eigenvalue weighted by atomic mass is 16.5. The molecule has 4 heteroatoms. The van der Waals surface area contributed by atoms with Gasteiger partial charge in [0.25, 0.3) is 0 Å². The summed E-state index contributed by atoms with van der Waals surface area (Å²) in [6.07, 6.45) is 2.43. The molecule has 21 heavy (non-hydrogen) atoms. The molecule has 0 fully saturated rings. The van der Waals surface area contributed by atoms with Crippen molar-refractivity contribution >= 4 is 5.91 Å². The lowest BCUT2D eigenvalue weighted by Gasteiger charge is -2.21. The fourth-order valence-corrected chi connectivity index (χ4v) is 3.08. The van der Waals surface area contributed by atoms with Gasteiger partial charge in [-0.15, -0.1) is 0 Å². The highest BCUT2D eigenvalue weighted by molar-refractivity contribution is 5.76. The number of benzene rings is 1. The van der Waals surface area contributed by atoms with E-state index in [9.17, 15) is 4.79 Å². The lowest BCUT2D eigenvalue weighted by atomic mass is 9.99. The van der Waals surface area contributed by atoms with Gasteiger partial charge in [-0.2, -0.15) is 0 Å². The van der Waals surface area contributed by atoms with E-state index in [0.29, 0.717) is 18.9 Å². The van der Waals surface area contributed by atoms with Gasteiger partial charge in [0.2, 0.25) is 5.91 Å². The molecule has 2 aliphatic heterocycles. The monoisotopic (exact) mass is 289 g/mol. The van der Waals surface area contributed by atoms with Crippen LogP contribution in [0.25, 0.3) is 0 Å². The van der Waals surface area contributed by atoms with E-state index in [1.165, 1.54) is 11.1 Å². The minimum atomic E-state index is 0.188. The molecular weight excluding hydrogens is 266 g/mol. The first-order chi connectivity index (χ1) is 10.1. The molecule has 0 radical (unpaired) electrons. The van der Waals surface area contributed by atoms with Crippen LogP contribution in [-0.2, 0) is 24.2 Å². The van der Waals surface area contributed by atoms with Gasteiger partial charge in [0.05, 0.1) is 13.2 Å². The maximum Gasteiger partial charge on any atom is 0.222 e. The number of amides is 1. The number of carbonyl (C=O) groups excluding carboxylic acids is 1. The molecular formula is C17H23NO3. The molecule has 0 atom stereocenters. The molecule has 0 aromatic heterocycles. The van der Waals surface area contributed by atoms with Crippen molar-refractivity contribution in [1.29, 1.82) is 0 Å². The molecule has 0 saturated heterocycles. The van der Waals surface area contributed by atoms with E-state index in [1.54, 1.807) is 0 Å². The summed E-state index contributed by atoms with van der Waals surface area (Å²) >= 11 is 0. The van der Waals surface area contributed by atoms with Crippen molar-refractivity contribution in [1.82, 2.24) is 4.90 Å². The molecule has 1 aromatic carbocycles. The van der Waals surface area contributed by atoms with Gasteiger partial charge in [0, 0.05) is 49.5 Å². The average Bonchev–Trinajstić information content (AvgIpc) is 3.05. The molecule has 1 amide bonds. The van der Waals surface area contributed by atoms with Gasteiger partial charge in [0.15, 0.2) is 0 Å². The molecule has 0 aliphatic carbocycles. The Morgan fingerprint density at radius 2 is 2.05 bits per heavy atom. The lowest BCUT2D eigenvalue weighted by Crippen LogP contribution is -2.27. The third-order valence-corrected chi connectivity index (χ3v) is 4.16. The first-order valence-electron chi connectivity index (χ1n) is 7.73. The van der Waals surface area contributed by atoms with E-state index in [4.69, 9.17) is 9.47 Å². The molecule has 4 nitrogen and oxygen atoms in total. The molecule has 0 unspecified atom stereocenters. The number of nitrogens with zero attached hydrogens (tertiary/aromatic N) is 1. The third-order valence-electron chi connectivity index (χ3n) is 4.16. The van der Waals surface area contributed by atoms with Gasteiger partial charge in [-0.3, -0.25) is 4.79 Å². The first-order valence-corrected chi connectivity index (χ1v) is 7.73. The standard InChI is InChI=1S/C17H23NO3/c1-11(2)8-16(19)18(3)10-14-13-5-7-20-15(13)9-12-4-6-21-17(12)14/h9,11H,4-8,10H2,1-3H3. The number of fused-ring (bicyclic) bond motifs is 2. The second-order valence-corrected chi connectivity index (χ2v) is 6.36. The van der Waals surface area contributed by atoms with Crippen molar-refractivity contribution in [3.63, 3.8) is 0 Å². The molecule has 2 heterocycles. The van der Waals surface area contributed by atoms with E-state index in [2.05, 4.69) is 19.9 Å². The minimum Gasteiger partial charge on any atom is -0.493 e. The van der Waals surface area contributed by atoms with Crippen LogP contribution in [0, 0.1) is 5.92 Å². The average molecular weight is 289 g/mol. The van der Waals surface area contributed by atoms with Gasteiger partial charge in [0.1, 0.15) is 11.5 Å².